The quantitative estimate of drug-likeness (QED) is 0.648. The Morgan fingerprint density at radius 3 is 2.78 bits per heavy atom. The zero-order chi connectivity index (χ0) is 12.8. The fourth-order valence-corrected chi connectivity index (χ4v) is 1.86. The van der Waals surface area contributed by atoms with Crippen molar-refractivity contribution < 1.29 is 9.53 Å². The number of carbonyl (C=O) groups excluding carboxylic acids is 1. The van der Waals surface area contributed by atoms with Gasteiger partial charge in [0.1, 0.15) is 6.61 Å². The number of hydrogen-bond acceptors (Lipinski definition) is 3. The van der Waals surface area contributed by atoms with Gasteiger partial charge in [-0.3, -0.25) is 0 Å². The van der Waals surface area contributed by atoms with Gasteiger partial charge in [0, 0.05) is 31.5 Å². The highest BCUT2D eigenvalue weighted by atomic mass is 16.6. The monoisotopic (exact) mass is 244 g/mol. The molecule has 94 valence electrons. The van der Waals surface area contributed by atoms with E-state index in [2.05, 4.69) is 12.0 Å². The van der Waals surface area contributed by atoms with Gasteiger partial charge in [-0.25, -0.2) is 4.79 Å². The molecule has 0 aromatic heterocycles. The third-order valence-corrected chi connectivity index (χ3v) is 2.91. The summed E-state index contributed by atoms with van der Waals surface area (Å²) in [6, 6.07) is 12.0. The molecule has 0 unspecified atom stereocenters. The summed E-state index contributed by atoms with van der Waals surface area (Å²) in [5.41, 5.74) is 6.09. The summed E-state index contributed by atoms with van der Waals surface area (Å²) in [6.45, 7) is 1.74. The normalized spacial score (nSPS) is 14.3. The Kier molecular flexibility index (Phi) is 4.08. The van der Waals surface area contributed by atoms with Crippen LogP contribution in [0.15, 0.2) is 30.3 Å². The van der Waals surface area contributed by atoms with Crippen molar-refractivity contribution in [3.05, 3.63) is 35.9 Å². The van der Waals surface area contributed by atoms with Crippen LogP contribution in [0.1, 0.15) is 12.0 Å². The fourth-order valence-electron chi connectivity index (χ4n) is 1.86. The van der Waals surface area contributed by atoms with Crippen molar-refractivity contribution in [2.45, 2.75) is 13.0 Å². The van der Waals surface area contributed by atoms with Crippen LogP contribution < -0.4 is 5.73 Å². The Labute approximate surface area is 107 Å². The highest BCUT2D eigenvalue weighted by molar-refractivity contribution is 5.68. The lowest BCUT2D eigenvalue weighted by molar-refractivity contribution is 0.0508. The largest absolute Gasteiger partial charge is 0.445 e. The molecular formula is C14H16N2O2. The van der Waals surface area contributed by atoms with E-state index < -0.39 is 0 Å². The Hall–Kier alpha value is -2.15. The Morgan fingerprint density at radius 2 is 2.11 bits per heavy atom. The predicted octanol–water partition coefficient (Wildman–Crippen LogP) is 1.56. The number of amides is 1. The lowest BCUT2D eigenvalue weighted by Gasteiger charge is -2.37. The molecule has 1 saturated heterocycles. The second-order valence-corrected chi connectivity index (χ2v) is 4.34. The molecule has 2 rings (SSSR count). The van der Waals surface area contributed by atoms with E-state index in [0.29, 0.717) is 25.6 Å². The van der Waals surface area contributed by atoms with Crippen molar-refractivity contribution in [2.75, 3.05) is 13.1 Å². The van der Waals surface area contributed by atoms with Crippen LogP contribution in [0.25, 0.3) is 0 Å². The number of ether oxygens (including phenoxy) is 1. The summed E-state index contributed by atoms with van der Waals surface area (Å²) in [6.07, 6.45) is 0.495. The van der Waals surface area contributed by atoms with Crippen LogP contribution in [0.5, 0.6) is 0 Å². The maximum atomic E-state index is 11.7. The predicted molar refractivity (Wildman–Crippen MR) is 68.3 cm³/mol. The number of hydrogen-bond donors (Lipinski definition) is 1. The molecule has 4 nitrogen and oxygen atoms in total. The van der Waals surface area contributed by atoms with Crippen LogP contribution >= 0.6 is 0 Å². The first kappa shape index (κ1) is 12.3. The number of rotatable bonds is 3. The van der Waals surface area contributed by atoms with Gasteiger partial charge in [-0.15, -0.1) is 0 Å². The lowest BCUT2D eigenvalue weighted by Crippen LogP contribution is -2.49. The van der Waals surface area contributed by atoms with E-state index in [9.17, 15) is 4.79 Å². The Bertz CT molecular complexity index is 456. The first-order valence-electron chi connectivity index (χ1n) is 5.93. The van der Waals surface area contributed by atoms with Crippen molar-refractivity contribution in [2.24, 2.45) is 11.7 Å². The van der Waals surface area contributed by atoms with E-state index in [4.69, 9.17) is 10.5 Å². The zero-order valence-electron chi connectivity index (χ0n) is 10.1. The summed E-state index contributed by atoms with van der Waals surface area (Å²) >= 11 is 0. The third-order valence-electron chi connectivity index (χ3n) is 2.91. The molecule has 18 heavy (non-hydrogen) atoms. The van der Waals surface area contributed by atoms with E-state index in [-0.39, 0.29) is 6.09 Å². The minimum atomic E-state index is -0.254. The van der Waals surface area contributed by atoms with Gasteiger partial charge in [-0.05, 0) is 5.56 Å². The summed E-state index contributed by atoms with van der Waals surface area (Å²) in [7, 11) is 0. The number of nitrogens with two attached hydrogens (primary N) is 1. The van der Waals surface area contributed by atoms with Gasteiger partial charge in [0.25, 0.3) is 0 Å². The van der Waals surface area contributed by atoms with Crippen molar-refractivity contribution in [1.29, 1.82) is 0 Å². The van der Waals surface area contributed by atoms with E-state index in [1.807, 2.05) is 30.3 Å². The van der Waals surface area contributed by atoms with Crippen LogP contribution in [0.4, 0.5) is 4.79 Å². The minimum Gasteiger partial charge on any atom is -0.445 e. The van der Waals surface area contributed by atoms with Crippen LogP contribution in [0.3, 0.4) is 0 Å². The van der Waals surface area contributed by atoms with E-state index in [1.54, 1.807) is 4.90 Å². The molecule has 0 aliphatic carbocycles. The Balaban J connectivity index is 1.69. The third kappa shape index (κ3) is 3.17. The second-order valence-electron chi connectivity index (χ2n) is 4.34. The van der Waals surface area contributed by atoms with Crippen LogP contribution in [0, 0.1) is 17.9 Å². The van der Waals surface area contributed by atoms with Crippen LogP contribution in [-0.2, 0) is 11.3 Å². The molecule has 1 aliphatic heterocycles. The van der Waals surface area contributed by atoms with Gasteiger partial charge >= 0.3 is 6.09 Å². The summed E-state index contributed by atoms with van der Waals surface area (Å²) in [5, 5.41) is 0. The first-order chi connectivity index (χ1) is 8.79. The summed E-state index contributed by atoms with van der Waals surface area (Å²) in [5.74, 6) is 3.25. The molecule has 4 heteroatoms. The van der Waals surface area contributed by atoms with E-state index in [1.165, 1.54) is 0 Å². The topological polar surface area (TPSA) is 55.6 Å². The molecule has 0 atom stereocenters. The number of carbonyl (C=O) groups is 1. The molecule has 0 spiro atoms. The molecule has 1 aromatic rings. The van der Waals surface area contributed by atoms with E-state index in [0.717, 1.165) is 12.0 Å². The standard InChI is InChI=1S/C14H16N2O2/c15-8-4-7-13-9-16(10-13)14(17)18-11-12-5-2-1-3-6-12/h1-3,5-6,13H,7,9-11,15H2. The van der Waals surface area contributed by atoms with Crippen molar-refractivity contribution >= 4 is 6.09 Å². The van der Waals surface area contributed by atoms with Gasteiger partial charge in [0.15, 0.2) is 0 Å². The number of nitrogens with zero attached hydrogens (tertiary/aromatic N) is 1. The van der Waals surface area contributed by atoms with Gasteiger partial charge in [-0.2, -0.15) is 0 Å². The lowest BCUT2D eigenvalue weighted by atomic mass is 9.97. The van der Waals surface area contributed by atoms with Crippen LogP contribution in [0.2, 0.25) is 0 Å². The van der Waals surface area contributed by atoms with Crippen molar-refractivity contribution in [3.63, 3.8) is 0 Å². The zero-order valence-corrected chi connectivity index (χ0v) is 10.1. The SMILES string of the molecule is NC#CCC1CN(C(=O)OCc2ccccc2)C1. The summed E-state index contributed by atoms with van der Waals surface area (Å²) < 4.78 is 5.21. The van der Waals surface area contributed by atoms with Gasteiger partial charge < -0.3 is 15.4 Å². The molecule has 0 bridgehead atoms. The van der Waals surface area contributed by atoms with Crippen molar-refractivity contribution in [1.82, 2.24) is 4.90 Å². The fraction of sp³-hybridized carbons (Fsp3) is 0.357. The van der Waals surface area contributed by atoms with E-state index >= 15 is 0 Å². The average molecular weight is 244 g/mol. The molecular weight excluding hydrogens is 228 g/mol. The molecule has 0 saturated carbocycles. The smallest absolute Gasteiger partial charge is 0.410 e. The molecule has 1 aliphatic rings. The van der Waals surface area contributed by atoms with Crippen LogP contribution in [-0.4, -0.2) is 24.1 Å². The minimum absolute atomic E-state index is 0.254. The van der Waals surface area contributed by atoms with Gasteiger partial charge in [0.05, 0.1) is 0 Å². The Morgan fingerprint density at radius 1 is 1.39 bits per heavy atom. The number of benzene rings is 1. The maximum absolute atomic E-state index is 11.7. The molecule has 1 aromatic carbocycles. The van der Waals surface area contributed by atoms with Gasteiger partial charge in [0.2, 0.25) is 0 Å². The van der Waals surface area contributed by atoms with Gasteiger partial charge in [-0.1, -0.05) is 36.3 Å². The molecule has 2 N–H and O–H groups in total. The van der Waals surface area contributed by atoms with Crippen molar-refractivity contribution in [3.8, 4) is 12.0 Å². The highest BCUT2D eigenvalue weighted by Gasteiger charge is 2.30. The summed E-state index contributed by atoms with van der Waals surface area (Å²) in [4.78, 5) is 13.3. The molecule has 0 radical (unpaired) electrons. The highest BCUT2D eigenvalue weighted by Crippen LogP contribution is 2.19. The molecule has 1 amide bonds. The molecule has 1 heterocycles. The second kappa shape index (κ2) is 5.97. The number of likely N-dealkylation sites (tertiary alicyclic amines) is 1. The molecule has 1 fully saturated rings. The first-order valence-corrected chi connectivity index (χ1v) is 5.93. The average Bonchev–Trinajstić information content (AvgIpc) is 2.36. The maximum Gasteiger partial charge on any atom is 0.410 e.